The van der Waals surface area contributed by atoms with Gasteiger partial charge in [0.2, 0.25) is 11.4 Å². The zero-order chi connectivity index (χ0) is 30.2. The van der Waals surface area contributed by atoms with E-state index in [2.05, 4.69) is 25.1 Å². The Kier molecular flexibility index (Phi) is 8.17. The van der Waals surface area contributed by atoms with Crippen LogP contribution in [0.15, 0.2) is 29.2 Å². The second-order valence-electron chi connectivity index (χ2n) is 10.7. The lowest BCUT2D eigenvalue weighted by molar-refractivity contribution is -0.186. The number of alkyl halides is 3. The second-order valence-corrected chi connectivity index (χ2v) is 10.7. The quantitative estimate of drug-likeness (QED) is 0.378. The van der Waals surface area contributed by atoms with Gasteiger partial charge in [0.25, 0.3) is 5.91 Å². The highest BCUT2D eigenvalue weighted by Gasteiger charge is 2.42. The fraction of sp³-hybridized carbons (Fsp3) is 0.500. The molecule has 1 amide bonds. The van der Waals surface area contributed by atoms with Crippen LogP contribution in [0.2, 0.25) is 0 Å². The Labute approximate surface area is 240 Å². The highest BCUT2D eigenvalue weighted by Crippen LogP contribution is 2.37. The van der Waals surface area contributed by atoms with E-state index in [9.17, 15) is 22.8 Å². The van der Waals surface area contributed by atoms with E-state index in [1.54, 1.807) is 14.0 Å². The normalized spacial score (nSPS) is 17.5. The number of halogens is 3. The number of aryl methyl sites for hydroxylation is 1. The van der Waals surface area contributed by atoms with Gasteiger partial charge in [-0.15, -0.1) is 0 Å². The molecule has 0 radical (unpaired) electrons. The van der Waals surface area contributed by atoms with E-state index in [1.807, 2.05) is 18.2 Å². The zero-order valence-electron chi connectivity index (χ0n) is 23.6. The van der Waals surface area contributed by atoms with Crippen molar-refractivity contribution in [2.24, 2.45) is 11.7 Å². The minimum absolute atomic E-state index is 0.0522. The largest absolute Gasteiger partial charge is 0.494 e. The summed E-state index contributed by atoms with van der Waals surface area (Å²) in [5, 5.41) is 3.26. The van der Waals surface area contributed by atoms with Crippen LogP contribution in [0.4, 0.5) is 36.3 Å². The predicted molar refractivity (Wildman–Crippen MR) is 154 cm³/mol. The summed E-state index contributed by atoms with van der Waals surface area (Å²) in [6.07, 6.45) is -0.657. The minimum atomic E-state index is -4.10. The van der Waals surface area contributed by atoms with Gasteiger partial charge in [-0.05, 0) is 57.8 Å². The number of anilines is 4. The van der Waals surface area contributed by atoms with E-state index < -0.39 is 23.4 Å². The number of pyridine rings is 1. The van der Waals surface area contributed by atoms with Gasteiger partial charge in [0.1, 0.15) is 17.1 Å². The van der Waals surface area contributed by atoms with Crippen molar-refractivity contribution in [3.05, 3.63) is 40.2 Å². The first-order valence-corrected chi connectivity index (χ1v) is 14.0. The molecular weight excluding hydrogens is 553 g/mol. The number of benzene rings is 1. The molecular formula is C28H35F3N8O3. The first kappa shape index (κ1) is 29.4. The monoisotopic (exact) mass is 588 g/mol. The number of methoxy groups -OCH3 is 1. The van der Waals surface area contributed by atoms with Crippen LogP contribution in [0, 0.1) is 5.92 Å². The number of carbonyl (C=O) groups excluding carboxylic acids is 1. The van der Waals surface area contributed by atoms with Crippen LogP contribution in [-0.2, 0) is 6.54 Å². The SMILES string of the molecule is CCn1c(N)c(C(N)=O)c(=O)c2cnc(Nc3ccc(N4CCC(N5CCC(C(F)(F)F)CC5)CC4)cc3OC)nc21. The molecule has 2 saturated heterocycles. The molecule has 5 rings (SSSR count). The van der Waals surface area contributed by atoms with Gasteiger partial charge in [0.05, 0.1) is 24.1 Å². The summed E-state index contributed by atoms with van der Waals surface area (Å²) >= 11 is 0. The Morgan fingerprint density at radius 1 is 1.14 bits per heavy atom. The molecule has 0 aliphatic carbocycles. The number of piperidine rings is 2. The van der Waals surface area contributed by atoms with E-state index in [-0.39, 0.29) is 47.2 Å². The molecule has 1 aromatic carbocycles. The lowest BCUT2D eigenvalue weighted by atomic mass is 9.93. The fourth-order valence-electron chi connectivity index (χ4n) is 6.04. The smallest absolute Gasteiger partial charge is 0.391 e. The highest BCUT2D eigenvalue weighted by atomic mass is 19.4. The van der Waals surface area contributed by atoms with E-state index in [1.165, 1.54) is 10.8 Å². The second kappa shape index (κ2) is 11.7. The fourth-order valence-corrected chi connectivity index (χ4v) is 6.04. The zero-order valence-corrected chi connectivity index (χ0v) is 23.6. The molecule has 11 nitrogen and oxygen atoms in total. The van der Waals surface area contributed by atoms with Gasteiger partial charge in [-0.2, -0.15) is 18.2 Å². The number of likely N-dealkylation sites (tertiary alicyclic amines) is 1. The number of hydrogen-bond acceptors (Lipinski definition) is 9. The van der Waals surface area contributed by atoms with Gasteiger partial charge in [0.15, 0.2) is 5.65 Å². The maximum Gasteiger partial charge on any atom is 0.391 e. The number of aromatic nitrogens is 3. The molecule has 2 fully saturated rings. The molecule has 226 valence electrons. The van der Waals surface area contributed by atoms with E-state index in [0.717, 1.165) is 31.6 Å². The lowest BCUT2D eigenvalue weighted by Gasteiger charge is -2.42. The number of nitrogen functional groups attached to an aromatic ring is 1. The van der Waals surface area contributed by atoms with Crippen molar-refractivity contribution < 1.29 is 22.7 Å². The average Bonchev–Trinajstić information content (AvgIpc) is 2.97. The molecule has 14 heteroatoms. The van der Waals surface area contributed by atoms with Gasteiger partial charge >= 0.3 is 6.18 Å². The summed E-state index contributed by atoms with van der Waals surface area (Å²) in [6, 6.07) is 6.02. The molecule has 0 unspecified atom stereocenters. The molecule has 0 bridgehead atoms. The summed E-state index contributed by atoms with van der Waals surface area (Å²) in [5.74, 6) is -1.38. The van der Waals surface area contributed by atoms with Crippen molar-refractivity contribution >= 4 is 40.1 Å². The molecule has 3 aromatic rings. The number of ether oxygens (including phenoxy) is 1. The molecule has 0 saturated carbocycles. The van der Waals surface area contributed by atoms with Crippen LogP contribution in [0.3, 0.4) is 0 Å². The van der Waals surface area contributed by atoms with E-state index >= 15 is 0 Å². The van der Waals surface area contributed by atoms with Crippen LogP contribution in [0.5, 0.6) is 5.75 Å². The van der Waals surface area contributed by atoms with Gasteiger partial charge in [-0.25, -0.2) is 4.98 Å². The van der Waals surface area contributed by atoms with E-state index in [4.69, 9.17) is 16.2 Å². The Balaban J connectivity index is 1.29. The number of hydrogen-bond donors (Lipinski definition) is 3. The first-order chi connectivity index (χ1) is 20.0. The number of amides is 1. The molecule has 2 aliphatic heterocycles. The standard InChI is InChI=1S/C28H35F3N8O3/c1-3-39-24(32)22(25(33)41)23(40)19-15-34-27(36-26(19)39)35-20-5-4-18(14-21(20)42-2)38-12-8-17(9-13-38)37-10-6-16(7-11-37)28(29,30)31/h4-5,14-17H,3,6-13,32H2,1-2H3,(H2,33,41)(H,34,35,36). The number of carbonyl (C=O) groups is 1. The Bertz CT molecular complexity index is 1530. The van der Waals surface area contributed by atoms with Crippen molar-refractivity contribution in [3.8, 4) is 5.75 Å². The van der Waals surface area contributed by atoms with Gasteiger partial charge in [0, 0.05) is 43.6 Å². The Morgan fingerprint density at radius 2 is 1.83 bits per heavy atom. The minimum Gasteiger partial charge on any atom is -0.494 e. The van der Waals surface area contributed by atoms with Gasteiger partial charge in [-0.1, -0.05) is 0 Å². The maximum absolute atomic E-state index is 13.0. The number of nitrogens with two attached hydrogens (primary N) is 2. The molecule has 0 atom stereocenters. The summed E-state index contributed by atoms with van der Waals surface area (Å²) < 4.78 is 46.3. The molecule has 42 heavy (non-hydrogen) atoms. The van der Waals surface area contributed by atoms with Crippen molar-refractivity contribution in [1.82, 2.24) is 19.4 Å². The number of nitrogens with zero attached hydrogens (tertiary/aromatic N) is 5. The van der Waals surface area contributed by atoms with Crippen LogP contribution in [0.25, 0.3) is 11.0 Å². The molecule has 2 aromatic heterocycles. The van der Waals surface area contributed by atoms with Gasteiger partial charge in [-0.3, -0.25) is 9.59 Å². The lowest BCUT2D eigenvalue weighted by Crippen LogP contribution is -2.49. The summed E-state index contributed by atoms with van der Waals surface area (Å²) in [4.78, 5) is 37.9. The number of nitrogens with one attached hydrogen (secondary N) is 1. The third kappa shape index (κ3) is 5.67. The molecule has 2 aliphatic rings. The van der Waals surface area contributed by atoms with Crippen LogP contribution in [-0.4, -0.2) is 70.8 Å². The summed E-state index contributed by atoms with van der Waals surface area (Å²) in [7, 11) is 1.56. The first-order valence-electron chi connectivity index (χ1n) is 14.0. The maximum atomic E-state index is 13.0. The summed E-state index contributed by atoms with van der Waals surface area (Å²) in [5.41, 5.74) is 12.4. The highest BCUT2D eigenvalue weighted by molar-refractivity contribution is 6.00. The third-order valence-electron chi connectivity index (χ3n) is 8.38. The Morgan fingerprint density at radius 3 is 2.43 bits per heavy atom. The van der Waals surface area contributed by atoms with Crippen molar-refractivity contribution in [3.63, 3.8) is 0 Å². The summed E-state index contributed by atoms with van der Waals surface area (Å²) in [6.45, 7) is 4.72. The van der Waals surface area contributed by atoms with Crippen molar-refractivity contribution in [2.45, 2.75) is 51.4 Å². The number of primary amides is 1. The predicted octanol–water partition coefficient (Wildman–Crippen LogP) is 3.49. The van der Waals surface area contributed by atoms with Crippen LogP contribution >= 0.6 is 0 Å². The topological polar surface area (TPSA) is 145 Å². The molecule has 5 N–H and O–H groups in total. The molecule has 4 heterocycles. The van der Waals surface area contributed by atoms with Crippen molar-refractivity contribution in [2.75, 3.05) is 49.2 Å². The van der Waals surface area contributed by atoms with E-state index in [0.29, 0.717) is 31.1 Å². The third-order valence-corrected chi connectivity index (χ3v) is 8.38. The van der Waals surface area contributed by atoms with Gasteiger partial charge < -0.3 is 35.9 Å². The van der Waals surface area contributed by atoms with Crippen molar-refractivity contribution in [1.29, 1.82) is 0 Å². The number of fused-ring (bicyclic) bond motifs is 1. The van der Waals surface area contributed by atoms with Crippen LogP contribution < -0.4 is 31.8 Å². The average molecular weight is 589 g/mol. The molecule has 0 spiro atoms. The number of rotatable bonds is 7. The van der Waals surface area contributed by atoms with Crippen LogP contribution in [0.1, 0.15) is 43.0 Å². The Hall–Kier alpha value is -4.07.